The molecular weight excluding hydrogens is 120 g/mol. The van der Waals surface area contributed by atoms with E-state index in [1.165, 1.54) is 0 Å². The second kappa shape index (κ2) is 4.80. The molecule has 0 N–H and O–H groups in total. The predicted octanol–water partition coefficient (Wildman–Crippen LogP) is 3.25. The summed E-state index contributed by atoms with van der Waals surface area (Å²) in [7, 11) is 0. The van der Waals surface area contributed by atoms with Gasteiger partial charge in [-0.2, -0.15) is 0 Å². The highest BCUT2D eigenvalue weighted by Gasteiger charge is 1.86. The molecule has 0 fully saturated rings. The predicted molar refractivity (Wildman–Crippen MR) is 47.9 cm³/mol. The molecule has 0 nitrogen and oxygen atoms in total. The molecule has 0 bridgehead atoms. The van der Waals surface area contributed by atoms with E-state index in [0.717, 1.165) is 11.1 Å². The zero-order valence-electron chi connectivity index (χ0n) is 6.72. The molecule has 10 heavy (non-hydrogen) atoms. The van der Waals surface area contributed by atoms with Crippen LogP contribution in [-0.4, -0.2) is 0 Å². The summed E-state index contributed by atoms with van der Waals surface area (Å²) in [5.74, 6) is 0. The number of allylic oxidation sites excluding steroid dienone is 6. The Morgan fingerprint density at radius 3 is 2.10 bits per heavy atom. The third-order valence-corrected chi connectivity index (χ3v) is 1.33. The lowest BCUT2D eigenvalue weighted by molar-refractivity contribution is 1.45. The fourth-order valence-corrected chi connectivity index (χ4v) is 0.658. The van der Waals surface area contributed by atoms with Crippen LogP contribution in [0.2, 0.25) is 0 Å². The summed E-state index contributed by atoms with van der Waals surface area (Å²) in [6.07, 6.45) is 7.67. The van der Waals surface area contributed by atoms with Crippen LogP contribution in [0.5, 0.6) is 0 Å². The lowest BCUT2D eigenvalue weighted by Gasteiger charge is -1.95. The molecule has 0 aliphatic rings. The van der Waals surface area contributed by atoms with E-state index in [1.54, 1.807) is 0 Å². The Kier molecular flexibility index (Phi) is 4.30. The standard InChI is InChI=1S/C10H14/c1-5-8-10(7-3)9(4)6-2/h5-8H,2-3H2,1,4H3/b8-5-,10-9+. The van der Waals surface area contributed by atoms with Gasteiger partial charge in [0.1, 0.15) is 0 Å². The molecule has 0 heterocycles. The van der Waals surface area contributed by atoms with Crippen molar-refractivity contribution < 1.29 is 0 Å². The van der Waals surface area contributed by atoms with Crippen molar-refractivity contribution >= 4 is 0 Å². The van der Waals surface area contributed by atoms with E-state index in [4.69, 9.17) is 0 Å². The van der Waals surface area contributed by atoms with Crippen molar-refractivity contribution in [2.24, 2.45) is 0 Å². The number of rotatable bonds is 3. The highest BCUT2D eigenvalue weighted by atomic mass is 13.9. The monoisotopic (exact) mass is 134 g/mol. The molecule has 0 rings (SSSR count). The van der Waals surface area contributed by atoms with E-state index < -0.39 is 0 Å². The smallest absolute Gasteiger partial charge is 0.0237 e. The zero-order valence-corrected chi connectivity index (χ0v) is 6.72. The molecule has 0 amide bonds. The summed E-state index contributed by atoms with van der Waals surface area (Å²) in [5, 5.41) is 0. The van der Waals surface area contributed by atoms with Gasteiger partial charge in [0.05, 0.1) is 0 Å². The maximum atomic E-state index is 3.69. The lowest BCUT2D eigenvalue weighted by Crippen LogP contribution is -1.75. The van der Waals surface area contributed by atoms with Crippen LogP contribution in [0.1, 0.15) is 13.8 Å². The highest BCUT2D eigenvalue weighted by Crippen LogP contribution is 2.06. The van der Waals surface area contributed by atoms with E-state index in [-0.39, 0.29) is 0 Å². The quantitative estimate of drug-likeness (QED) is 0.520. The van der Waals surface area contributed by atoms with Crippen molar-refractivity contribution in [3.8, 4) is 0 Å². The first-order chi connectivity index (χ1) is 4.76. The van der Waals surface area contributed by atoms with Crippen LogP contribution in [0.15, 0.2) is 48.6 Å². The summed E-state index contributed by atoms with van der Waals surface area (Å²) >= 11 is 0. The van der Waals surface area contributed by atoms with E-state index in [9.17, 15) is 0 Å². The van der Waals surface area contributed by atoms with Gasteiger partial charge in [-0.3, -0.25) is 0 Å². The minimum atomic E-state index is 1.14. The van der Waals surface area contributed by atoms with Gasteiger partial charge in [0.15, 0.2) is 0 Å². The average Bonchev–Trinajstić information content (AvgIpc) is 1.99. The molecule has 0 aliphatic carbocycles. The molecule has 54 valence electrons. The summed E-state index contributed by atoms with van der Waals surface area (Å²) < 4.78 is 0. The van der Waals surface area contributed by atoms with Crippen molar-refractivity contribution in [2.45, 2.75) is 13.8 Å². The normalized spacial score (nSPS) is 13.0. The van der Waals surface area contributed by atoms with Crippen LogP contribution < -0.4 is 0 Å². The molecule has 0 saturated carbocycles. The van der Waals surface area contributed by atoms with Crippen molar-refractivity contribution in [1.29, 1.82) is 0 Å². The first-order valence-corrected chi connectivity index (χ1v) is 3.34. The first kappa shape index (κ1) is 8.96. The summed E-state index contributed by atoms with van der Waals surface area (Å²) in [5.41, 5.74) is 2.30. The van der Waals surface area contributed by atoms with Gasteiger partial charge in [-0.15, -0.1) is 0 Å². The van der Waals surface area contributed by atoms with Crippen molar-refractivity contribution in [3.63, 3.8) is 0 Å². The Balaban J connectivity index is 4.61. The minimum Gasteiger partial charge on any atom is -0.0988 e. The SMILES string of the molecule is C=C/C(C)=C(C=C)/C=C\C. The van der Waals surface area contributed by atoms with Crippen molar-refractivity contribution in [1.82, 2.24) is 0 Å². The summed E-state index contributed by atoms with van der Waals surface area (Å²) in [6.45, 7) is 11.4. The van der Waals surface area contributed by atoms with Crippen LogP contribution in [0.25, 0.3) is 0 Å². The Labute approximate surface area is 63.3 Å². The molecule has 0 heteroatoms. The molecule has 0 atom stereocenters. The number of hydrogen-bond acceptors (Lipinski definition) is 0. The Hall–Kier alpha value is -1.04. The Morgan fingerprint density at radius 2 is 1.80 bits per heavy atom. The lowest BCUT2D eigenvalue weighted by atomic mass is 10.1. The molecule has 0 radical (unpaired) electrons. The maximum absolute atomic E-state index is 3.69. The average molecular weight is 134 g/mol. The van der Waals surface area contributed by atoms with Crippen LogP contribution in [-0.2, 0) is 0 Å². The zero-order chi connectivity index (χ0) is 7.98. The molecule has 0 aliphatic heterocycles. The van der Waals surface area contributed by atoms with E-state index in [1.807, 2.05) is 38.2 Å². The van der Waals surface area contributed by atoms with E-state index in [2.05, 4.69) is 13.2 Å². The van der Waals surface area contributed by atoms with Crippen molar-refractivity contribution in [2.75, 3.05) is 0 Å². The second-order valence-corrected chi connectivity index (χ2v) is 2.05. The topological polar surface area (TPSA) is 0 Å². The fraction of sp³-hybridized carbons (Fsp3) is 0.200. The third-order valence-electron chi connectivity index (χ3n) is 1.33. The van der Waals surface area contributed by atoms with Gasteiger partial charge in [0, 0.05) is 0 Å². The fourth-order valence-electron chi connectivity index (χ4n) is 0.658. The van der Waals surface area contributed by atoms with E-state index in [0.29, 0.717) is 0 Å². The van der Waals surface area contributed by atoms with Gasteiger partial charge < -0.3 is 0 Å². The van der Waals surface area contributed by atoms with Crippen LogP contribution in [0.3, 0.4) is 0 Å². The minimum absolute atomic E-state index is 1.14. The molecule has 0 aromatic rings. The van der Waals surface area contributed by atoms with Crippen LogP contribution in [0.4, 0.5) is 0 Å². The first-order valence-electron chi connectivity index (χ1n) is 3.34. The van der Waals surface area contributed by atoms with Gasteiger partial charge in [-0.25, -0.2) is 0 Å². The summed E-state index contributed by atoms with van der Waals surface area (Å²) in [6, 6.07) is 0. The maximum Gasteiger partial charge on any atom is -0.0237 e. The van der Waals surface area contributed by atoms with Gasteiger partial charge in [0.2, 0.25) is 0 Å². The molecule has 0 aromatic carbocycles. The van der Waals surface area contributed by atoms with Gasteiger partial charge in [-0.05, 0) is 25.0 Å². The molecule has 0 unspecified atom stereocenters. The van der Waals surface area contributed by atoms with Crippen LogP contribution >= 0.6 is 0 Å². The van der Waals surface area contributed by atoms with Crippen molar-refractivity contribution in [3.05, 3.63) is 48.6 Å². The van der Waals surface area contributed by atoms with Crippen LogP contribution in [0, 0.1) is 0 Å². The Bertz CT molecular complexity index is 180. The van der Waals surface area contributed by atoms with E-state index >= 15 is 0 Å². The van der Waals surface area contributed by atoms with Gasteiger partial charge >= 0.3 is 0 Å². The third kappa shape index (κ3) is 2.49. The van der Waals surface area contributed by atoms with Gasteiger partial charge in [-0.1, -0.05) is 37.5 Å². The molecule has 0 saturated heterocycles. The molecular formula is C10H14. The molecule has 0 aromatic heterocycles. The largest absolute Gasteiger partial charge is 0.0988 e. The highest BCUT2D eigenvalue weighted by molar-refractivity contribution is 5.37. The second-order valence-electron chi connectivity index (χ2n) is 2.05. The summed E-state index contributed by atoms with van der Waals surface area (Å²) in [4.78, 5) is 0. The van der Waals surface area contributed by atoms with Gasteiger partial charge in [0.25, 0.3) is 0 Å². The number of hydrogen-bond donors (Lipinski definition) is 0. The molecule has 0 spiro atoms. The Morgan fingerprint density at radius 1 is 1.20 bits per heavy atom.